The fourth-order valence-corrected chi connectivity index (χ4v) is 6.09. The first-order chi connectivity index (χ1) is 15.4. The summed E-state index contributed by atoms with van der Waals surface area (Å²) in [7, 11) is 0. The van der Waals surface area contributed by atoms with Crippen LogP contribution in [-0.4, -0.2) is 41.2 Å². The van der Waals surface area contributed by atoms with Crippen LogP contribution in [0.25, 0.3) is 0 Å². The van der Waals surface area contributed by atoms with Gasteiger partial charge in [0.2, 0.25) is 5.91 Å². The number of benzene rings is 1. The third-order valence-corrected chi connectivity index (χ3v) is 7.90. The summed E-state index contributed by atoms with van der Waals surface area (Å²) in [4.78, 5) is 25.4. The molecule has 1 aromatic rings. The first kappa shape index (κ1) is 25.5. The zero-order valence-electron chi connectivity index (χ0n) is 21.1. The number of carbonyl (C=O) groups excluding carboxylic acids is 2. The molecule has 0 saturated heterocycles. The fourth-order valence-electron chi connectivity index (χ4n) is 6.09. The van der Waals surface area contributed by atoms with Crippen LogP contribution >= 0.6 is 0 Å². The Hall–Kier alpha value is -2.08. The van der Waals surface area contributed by atoms with E-state index in [-0.39, 0.29) is 59.1 Å². The Balaban J connectivity index is 1.64. The third-order valence-electron chi connectivity index (χ3n) is 7.90. The molecule has 2 aliphatic carbocycles. The van der Waals surface area contributed by atoms with E-state index in [0.717, 1.165) is 25.7 Å². The van der Waals surface area contributed by atoms with Gasteiger partial charge in [-0.1, -0.05) is 39.0 Å². The van der Waals surface area contributed by atoms with E-state index in [1.807, 2.05) is 58.0 Å². The predicted octanol–water partition coefficient (Wildman–Crippen LogP) is 3.92. The number of aliphatic hydroxyl groups excluding tert-OH is 1. The Morgan fingerprint density at radius 2 is 1.82 bits per heavy atom. The van der Waals surface area contributed by atoms with Gasteiger partial charge in [0.15, 0.2) is 6.61 Å². The SMILES string of the molecule is C[C@H]1[C@@H]2[C@@H](O)C([C@H](C)C(=O)NC(C)(C)C)CC[C@@]2(C)CC[C@@H]1NC(=O)COc1ccccc1. The van der Waals surface area contributed by atoms with E-state index in [1.165, 1.54) is 0 Å². The summed E-state index contributed by atoms with van der Waals surface area (Å²) in [5.41, 5.74) is -0.272. The Labute approximate surface area is 198 Å². The molecular weight excluding hydrogens is 416 g/mol. The van der Waals surface area contributed by atoms with Crippen LogP contribution in [0.15, 0.2) is 30.3 Å². The van der Waals surface area contributed by atoms with E-state index in [0.29, 0.717) is 5.75 Å². The van der Waals surface area contributed by atoms with E-state index >= 15 is 0 Å². The molecule has 0 aromatic heterocycles. The van der Waals surface area contributed by atoms with E-state index in [4.69, 9.17) is 4.74 Å². The topological polar surface area (TPSA) is 87.7 Å². The number of rotatable bonds is 6. The lowest BCUT2D eigenvalue weighted by atomic mass is 9.51. The van der Waals surface area contributed by atoms with Gasteiger partial charge < -0.3 is 20.5 Å². The number of amides is 2. The number of hydrogen-bond donors (Lipinski definition) is 3. The van der Waals surface area contributed by atoms with Crippen LogP contribution in [0.4, 0.5) is 0 Å². The van der Waals surface area contributed by atoms with Crippen molar-refractivity contribution in [2.45, 2.75) is 84.9 Å². The first-order valence-corrected chi connectivity index (χ1v) is 12.4. The Morgan fingerprint density at radius 3 is 2.45 bits per heavy atom. The summed E-state index contributed by atoms with van der Waals surface area (Å²) in [6.45, 7) is 12.2. The lowest BCUT2D eigenvalue weighted by Gasteiger charge is -2.56. The highest BCUT2D eigenvalue weighted by Gasteiger charge is 2.54. The van der Waals surface area contributed by atoms with Crippen LogP contribution in [0.1, 0.15) is 67.2 Å². The summed E-state index contributed by atoms with van der Waals surface area (Å²) < 4.78 is 5.60. The minimum absolute atomic E-state index is 0.00142. The van der Waals surface area contributed by atoms with Gasteiger partial charge in [-0.25, -0.2) is 0 Å². The summed E-state index contributed by atoms with van der Waals surface area (Å²) in [5.74, 6) is 0.342. The van der Waals surface area contributed by atoms with E-state index in [2.05, 4.69) is 24.5 Å². The van der Waals surface area contributed by atoms with Crippen molar-refractivity contribution in [3.05, 3.63) is 30.3 Å². The average molecular weight is 459 g/mol. The second-order valence-corrected chi connectivity index (χ2v) is 11.6. The van der Waals surface area contributed by atoms with Crippen molar-refractivity contribution >= 4 is 11.8 Å². The smallest absolute Gasteiger partial charge is 0.258 e. The van der Waals surface area contributed by atoms with Crippen molar-refractivity contribution in [2.75, 3.05) is 6.61 Å². The molecule has 6 heteroatoms. The summed E-state index contributed by atoms with van der Waals surface area (Å²) >= 11 is 0. The number of para-hydroxylation sites is 1. The van der Waals surface area contributed by atoms with E-state index in [9.17, 15) is 14.7 Å². The van der Waals surface area contributed by atoms with Crippen LogP contribution in [-0.2, 0) is 9.59 Å². The predicted molar refractivity (Wildman–Crippen MR) is 130 cm³/mol. The van der Waals surface area contributed by atoms with Gasteiger partial charge in [0.05, 0.1) is 6.10 Å². The molecule has 7 atom stereocenters. The van der Waals surface area contributed by atoms with Gasteiger partial charge in [0.25, 0.3) is 5.91 Å². The molecule has 0 bridgehead atoms. The molecular formula is C27H42N2O4. The molecule has 1 aromatic carbocycles. The Kier molecular flexibility index (Phi) is 7.77. The minimum Gasteiger partial charge on any atom is -0.484 e. The number of nitrogens with one attached hydrogen (secondary N) is 2. The first-order valence-electron chi connectivity index (χ1n) is 12.4. The Morgan fingerprint density at radius 1 is 1.18 bits per heavy atom. The molecule has 3 N–H and O–H groups in total. The third kappa shape index (κ3) is 6.08. The van der Waals surface area contributed by atoms with Crippen molar-refractivity contribution in [1.29, 1.82) is 0 Å². The molecule has 0 spiro atoms. The molecule has 33 heavy (non-hydrogen) atoms. The molecule has 2 fully saturated rings. The lowest BCUT2D eigenvalue weighted by molar-refractivity contribution is -0.144. The second kappa shape index (κ2) is 10.0. The molecule has 0 radical (unpaired) electrons. The van der Waals surface area contributed by atoms with Gasteiger partial charge in [0.1, 0.15) is 5.75 Å². The largest absolute Gasteiger partial charge is 0.484 e. The molecule has 2 saturated carbocycles. The second-order valence-electron chi connectivity index (χ2n) is 11.6. The van der Waals surface area contributed by atoms with Crippen LogP contribution in [0.5, 0.6) is 5.75 Å². The summed E-state index contributed by atoms with van der Waals surface area (Å²) in [5, 5.41) is 17.7. The normalized spacial score (nSPS) is 32.9. The van der Waals surface area contributed by atoms with Crippen LogP contribution in [0.2, 0.25) is 0 Å². The van der Waals surface area contributed by atoms with Crippen LogP contribution in [0.3, 0.4) is 0 Å². The minimum atomic E-state index is -0.570. The standard InChI is InChI=1S/C27H42N2O4/c1-17(25(32)29-26(3,4)5)20-12-14-27(6)15-13-21(18(2)23(27)24(20)31)28-22(30)16-33-19-10-8-7-9-11-19/h7-11,17-18,20-21,23-24,31H,12-16H2,1-6H3,(H,28,30)(H,29,32)/t17-,18+,20?,21-,23+,24-,27-/m0/s1. The number of fused-ring (bicyclic) bond motifs is 1. The number of aliphatic hydroxyl groups is 1. The van der Waals surface area contributed by atoms with Gasteiger partial charge in [-0.05, 0) is 81.8 Å². The molecule has 0 heterocycles. The maximum atomic E-state index is 12.8. The lowest BCUT2D eigenvalue weighted by Crippen LogP contribution is -2.59. The molecule has 1 unspecified atom stereocenters. The highest BCUT2D eigenvalue weighted by atomic mass is 16.5. The highest BCUT2D eigenvalue weighted by Crippen LogP contribution is 2.55. The van der Waals surface area contributed by atoms with Gasteiger partial charge in [-0.2, -0.15) is 0 Å². The molecule has 3 rings (SSSR count). The summed E-state index contributed by atoms with van der Waals surface area (Å²) in [6.07, 6.45) is 3.12. The Bertz CT molecular complexity index is 821. The van der Waals surface area contributed by atoms with Crippen molar-refractivity contribution in [2.24, 2.45) is 29.1 Å². The number of carbonyl (C=O) groups is 2. The van der Waals surface area contributed by atoms with Gasteiger partial charge in [0, 0.05) is 17.5 Å². The van der Waals surface area contributed by atoms with Crippen molar-refractivity contribution in [3.63, 3.8) is 0 Å². The van der Waals surface area contributed by atoms with Gasteiger partial charge >= 0.3 is 0 Å². The van der Waals surface area contributed by atoms with Crippen molar-refractivity contribution in [3.8, 4) is 5.75 Å². The van der Waals surface area contributed by atoms with Crippen molar-refractivity contribution < 1.29 is 19.4 Å². The number of hydrogen-bond acceptors (Lipinski definition) is 4. The maximum Gasteiger partial charge on any atom is 0.258 e. The quantitative estimate of drug-likeness (QED) is 0.603. The fraction of sp³-hybridized carbons (Fsp3) is 0.704. The van der Waals surface area contributed by atoms with Crippen LogP contribution < -0.4 is 15.4 Å². The zero-order chi connectivity index (χ0) is 24.4. The van der Waals surface area contributed by atoms with Crippen molar-refractivity contribution in [1.82, 2.24) is 10.6 Å². The monoisotopic (exact) mass is 458 g/mol. The van der Waals surface area contributed by atoms with E-state index < -0.39 is 6.10 Å². The molecule has 184 valence electrons. The van der Waals surface area contributed by atoms with E-state index in [1.54, 1.807) is 0 Å². The highest BCUT2D eigenvalue weighted by molar-refractivity contribution is 5.79. The average Bonchev–Trinajstić information content (AvgIpc) is 2.73. The number of ether oxygens (including phenoxy) is 1. The van der Waals surface area contributed by atoms with Gasteiger partial charge in [-0.3, -0.25) is 9.59 Å². The molecule has 0 aliphatic heterocycles. The maximum absolute atomic E-state index is 12.8. The molecule has 2 amide bonds. The van der Waals surface area contributed by atoms with Gasteiger partial charge in [-0.15, -0.1) is 0 Å². The van der Waals surface area contributed by atoms with Crippen LogP contribution in [0, 0.1) is 29.1 Å². The zero-order valence-corrected chi connectivity index (χ0v) is 21.1. The molecule has 6 nitrogen and oxygen atoms in total. The molecule has 2 aliphatic rings. The summed E-state index contributed by atoms with van der Waals surface area (Å²) in [6, 6.07) is 9.31.